The molecule has 0 aliphatic rings. The fourth-order valence-electron chi connectivity index (χ4n) is 2.73. The van der Waals surface area contributed by atoms with E-state index in [1.165, 1.54) is 0 Å². The van der Waals surface area contributed by atoms with Gasteiger partial charge in [0.25, 0.3) is 0 Å². The first-order valence-electron chi connectivity index (χ1n) is 7.91. The van der Waals surface area contributed by atoms with Gasteiger partial charge in [-0.3, -0.25) is 4.79 Å². The Morgan fingerprint density at radius 2 is 1.85 bits per heavy atom. The predicted octanol–water partition coefficient (Wildman–Crippen LogP) is 5.87. The fourth-order valence-corrected chi connectivity index (χ4v) is 4.31. The summed E-state index contributed by atoms with van der Waals surface area (Å²) < 4.78 is 12.0. The van der Waals surface area contributed by atoms with Gasteiger partial charge in [0, 0.05) is 22.4 Å². The van der Waals surface area contributed by atoms with Crippen molar-refractivity contribution in [3.63, 3.8) is 0 Å². The van der Waals surface area contributed by atoms with Gasteiger partial charge in [-0.25, -0.2) is 4.79 Å². The van der Waals surface area contributed by atoms with Crippen molar-refractivity contribution in [3.8, 4) is 5.75 Å². The molecule has 0 aliphatic heterocycles. The van der Waals surface area contributed by atoms with Gasteiger partial charge in [0.1, 0.15) is 17.1 Å². The molecule has 0 atom stereocenters. The van der Waals surface area contributed by atoms with Crippen molar-refractivity contribution in [1.29, 1.82) is 0 Å². The molecule has 1 aromatic heterocycles. The van der Waals surface area contributed by atoms with Gasteiger partial charge in [-0.15, -0.1) is 0 Å². The van der Waals surface area contributed by atoms with Crippen LogP contribution < -0.4 is 4.74 Å². The summed E-state index contributed by atoms with van der Waals surface area (Å²) in [5.41, 5.74) is 1.46. The zero-order valence-corrected chi connectivity index (χ0v) is 17.9. The third-order valence-corrected chi connectivity index (χ3v) is 5.28. The number of carboxylic acids is 1. The van der Waals surface area contributed by atoms with E-state index in [0.717, 1.165) is 0 Å². The molecule has 0 spiro atoms. The van der Waals surface area contributed by atoms with Crippen LogP contribution in [0.15, 0.2) is 43.7 Å². The average molecular weight is 517 g/mol. The van der Waals surface area contributed by atoms with Gasteiger partial charge in [-0.05, 0) is 62.2 Å². The molecule has 0 aliphatic carbocycles. The summed E-state index contributed by atoms with van der Waals surface area (Å²) in [6.07, 6.45) is 0.551. The Kier molecular flexibility index (Phi) is 5.93. The maximum atomic E-state index is 13.2. The molecule has 0 unspecified atom stereocenters. The van der Waals surface area contributed by atoms with Crippen molar-refractivity contribution in [2.75, 3.05) is 6.61 Å². The third kappa shape index (κ3) is 4.05. The molecule has 2 aromatic carbocycles. The Balaban J connectivity index is 2.07. The Bertz CT molecular complexity index is 1030. The minimum atomic E-state index is -1.09. The number of ether oxygens (including phenoxy) is 1. The first-order chi connectivity index (χ1) is 12.8. The standard InChI is InChI=1S/C19H13Br2ClO5/c1-2-14-17(11-7-10(22)3-4-15(11)27-14)18(25)9-5-12(20)19(13(21)6-9)26-8-16(23)24/h3-7H,2,8H2,1H3,(H,23,24). The normalized spacial score (nSPS) is 11.0. The molecule has 27 heavy (non-hydrogen) atoms. The van der Waals surface area contributed by atoms with Gasteiger partial charge in [0.05, 0.1) is 14.5 Å². The number of aryl methyl sites for hydroxylation is 1. The number of benzene rings is 2. The van der Waals surface area contributed by atoms with E-state index in [0.29, 0.717) is 54.0 Å². The summed E-state index contributed by atoms with van der Waals surface area (Å²) in [5.74, 6) is -0.428. The van der Waals surface area contributed by atoms with Crippen LogP contribution in [0.2, 0.25) is 5.02 Å². The quantitative estimate of drug-likeness (QED) is 0.415. The molecular weight excluding hydrogens is 503 g/mol. The number of furan rings is 1. The SMILES string of the molecule is CCc1oc2ccc(Cl)cc2c1C(=O)c1cc(Br)c(OCC(=O)O)c(Br)c1. The number of rotatable bonds is 6. The molecule has 140 valence electrons. The number of halogens is 3. The highest BCUT2D eigenvalue weighted by Crippen LogP contribution is 2.37. The molecule has 8 heteroatoms. The van der Waals surface area contributed by atoms with Crippen molar-refractivity contribution in [1.82, 2.24) is 0 Å². The lowest BCUT2D eigenvalue weighted by Gasteiger charge is -2.10. The summed E-state index contributed by atoms with van der Waals surface area (Å²) in [5, 5.41) is 9.94. The van der Waals surface area contributed by atoms with Gasteiger partial charge in [0.15, 0.2) is 12.4 Å². The Labute approximate surface area is 176 Å². The van der Waals surface area contributed by atoms with Gasteiger partial charge in [0.2, 0.25) is 0 Å². The van der Waals surface area contributed by atoms with Crippen LogP contribution in [0.5, 0.6) is 5.75 Å². The van der Waals surface area contributed by atoms with E-state index >= 15 is 0 Å². The molecule has 0 saturated heterocycles. The Morgan fingerprint density at radius 3 is 2.44 bits per heavy atom. The van der Waals surface area contributed by atoms with Crippen LogP contribution in [-0.2, 0) is 11.2 Å². The highest BCUT2D eigenvalue weighted by Gasteiger charge is 2.23. The van der Waals surface area contributed by atoms with E-state index in [9.17, 15) is 9.59 Å². The smallest absolute Gasteiger partial charge is 0.341 e. The van der Waals surface area contributed by atoms with E-state index in [1.54, 1.807) is 30.3 Å². The van der Waals surface area contributed by atoms with E-state index in [1.807, 2.05) is 6.92 Å². The molecule has 0 radical (unpaired) electrons. The summed E-state index contributed by atoms with van der Waals surface area (Å²) in [6, 6.07) is 8.34. The predicted molar refractivity (Wildman–Crippen MR) is 109 cm³/mol. The summed E-state index contributed by atoms with van der Waals surface area (Å²) in [4.78, 5) is 23.9. The molecule has 3 rings (SSSR count). The van der Waals surface area contributed by atoms with E-state index < -0.39 is 12.6 Å². The first-order valence-corrected chi connectivity index (χ1v) is 9.87. The molecule has 0 bridgehead atoms. The van der Waals surface area contributed by atoms with Crippen molar-refractivity contribution in [2.45, 2.75) is 13.3 Å². The van der Waals surface area contributed by atoms with Crippen LogP contribution in [-0.4, -0.2) is 23.5 Å². The van der Waals surface area contributed by atoms with Gasteiger partial charge < -0.3 is 14.3 Å². The molecule has 0 amide bonds. The number of hydrogen-bond acceptors (Lipinski definition) is 4. The number of carbonyl (C=O) groups is 2. The first kappa shape index (κ1) is 19.9. The lowest BCUT2D eigenvalue weighted by atomic mass is 9.99. The molecular formula is C19H13Br2ClO5. The second-order valence-electron chi connectivity index (χ2n) is 5.67. The molecule has 0 fully saturated rings. The maximum absolute atomic E-state index is 13.2. The second-order valence-corrected chi connectivity index (χ2v) is 7.82. The monoisotopic (exact) mass is 514 g/mol. The highest BCUT2D eigenvalue weighted by atomic mass is 79.9. The van der Waals surface area contributed by atoms with Crippen LogP contribution in [0.1, 0.15) is 28.6 Å². The summed E-state index contributed by atoms with van der Waals surface area (Å²) in [7, 11) is 0. The van der Waals surface area contributed by atoms with Crippen LogP contribution in [0.25, 0.3) is 11.0 Å². The third-order valence-electron chi connectivity index (χ3n) is 3.87. The maximum Gasteiger partial charge on any atom is 0.341 e. The summed E-state index contributed by atoms with van der Waals surface area (Å²) in [6.45, 7) is 1.42. The molecule has 1 N–H and O–H groups in total. The van der Waals surface area contributed by atoms with Crippen molar-refractivity contribution >= 4 is 66.2 Å². The topological polar surface area (TPSA) is 76.7 Å². The van der Waals surface area contributed by atoms with Crippen LogP contribution in [0, 0.1) is 0 Å². The van der Waals surface area contributed by atoms with Crippen molar-refractivity contribution in [2.24, 2.45) is 0 Å². The number of carbonyl (C=O) groups excluding carboxylic acids is 1. The van der Waals surface area contributed by atoms with Crippen LogP contribution >= 0.6 is 43.5 Å². The summed E-state index contributed by atoms with van der Waals surface area (Å²) >= 11 is 12.8. The van der Waals surface area contributed by atoms with E-state index in [-0.39, 0.29) is 5.78 Å². The number of fused-ring (bicyclic) bond motifs is 1. The van der Waals surface area contributed by atoms with E-state index in [2.05, 4.69) is 31.9 Å². The van der Waals surface area contributed by atoms with Gasteiger partial charge in [-0.2, -0.15) is 0 Å². The van der Waals surface area contributed by atoms with Gasteiger partial charge >= 0.3 is 5.97 Å². The minimum Gasteiger partial charge on any atom is -0.480 e. The lowest BCUT2D eigenvalue weighted by Crippen LogP contribution is -2.11. The number of aliphatic carboxylic acids is 1. The zero-order chi connectivity index (χ0) is 19.7. The second kappa shape index (κ2) is 8.04. The van der Waals surface area contributed by atoms with Crippen LogP contribution in [0.4, 0.5) is 0 Å². The number of hydrogen-bond donors (Lipinski definition) is 1. The lowest BCUT2D eigenvalue weighted by molar-refractivity contribution is -0.139. The largest absolute Gasteiger partial charge is 0.480 e. The average Bonchev–Trinajstić information content (AvgIpc) is 2.97. The van der Waals surface area contributed by atoms with Gasteiger partial charge in [-0.1, -0.05) is 18.5 Å². The Morgan fingerprint density at radius 1 is 1.19 bits per heavy atom. The number of carboxylic acid groups (broad SMARTS) is 1. The zero-order valence-electron chi connectivity index (χ0n) is 14.0. The number of ketones is 1. The fraction of sp³-hybridized carbons (Fsp3) is 0.158. The van der Waals surface area contributed by atoms with Crippen LogP contribution in [0.3, 0.4) is 0 Å². The molecule has 1 heterocycles. The molecule has 5 nitrogen and oxygen atoms in total. The Hall–Kier alpha value is -1.83. The minimum absolute atomic E-state index is 0.223. The molecule has 0 saturated carbocycles. The van der Waals surface area contributed by atoms with Crippen molar-refractivity contribution in [3.05, 3.63) is 61.2 Å². The highest BCUT2D eigenvalue weighted by molar-refractivity contribution is 9.11. The van der Waals surface area contributed by atoms with E-state index in [4.69, 9.17) is 25.9 Å². The molecule has 3 aromatic rings. The van der Waals surface area contributed by atoms with Crippen molar-refractivity contribution < 1.29 is 23.8 Å².